The predicted octanol–water partition coefficient (Wildman–Crippen LogP) is 1.65. The monoisotopic (exact) mass is 455 g/mol. The number of carbonyl (C=O) groups is 1. The number of rotatable bonds is 5. The van der Waals surface area contributed by atoms with Gasteiger partial charge < -0.3 is 20.7 Å². The molecule has 2 heterocycles. The Bertz CT molecular complexity index is 1260. The van der Waals surface area contributed by atoms with Crippen LogP contribution in [0.3, 0.4) is 0 Å². The number of nitrogens with two attached hydrogens (primary N) is 1. The molecule has 0 spiro atoms. The predicted molar refractivity (Wildman–Crippen MR) is 110 cm³/mol. The Balaban J connectivity index is 1.96. The minimum Gasteiger partial charge on any atom is -0.539 e. The number of amides is 1. The first kappa shape index (κ1) is 21.9. The molecule has 0 radical (unpaired) electrons. The van der Waals surface area contributed by atoms with Crippen molar-refractivity contribution in [2.24, 2.45) is 7.05 Å². The second-order valence-electron chi connectivity index (χ2n) is 6.23. The second kappa shape index (κ2) is 8.92. The Morgan fingerprint density at radius 1 is 1.39 bits per heavy atom. The number of hydrogen-bond acceptors (Lipinski definition) is 9. The molecule has 0 saturated heterocycles. The summed E-state index contributed by atoms with van der Waals surface area (Å²) in [6.45, 7) is 1.77. The van der Waals surface area contributed by atoms with Gasteiger partial charge in [0.15, 0.2) is 13.0 Å². The smallest absolute Gasteiger partial charge is 0.266 e. The number of halogens is 1. The zero-order valence-electron chi connectivity index (χ0n) is 16.3. The van der Waals surface area contributed by atoms with Crippen molar-refractivity contribution in [1.82, 2.24) is 10.3 Å². The third-order valence-corrected chi connectivity index (χ3v) is 5.68. The van der Waals surface area contributed by atoms with Crippen molar-refractivity contribution in [1.29, 1.82) is 10.5 Å². The number of anilines is 2. The Kier molecular flexibility index (Phi) is 6.30. The molecule has 0 aliphatic heterocycles. The third-order valence-electron chi connectivity index (χ3n) is 4.30. The summed E-state index contributed by atoms with van der Waals surface area (Å²) in [4.78, 5) is 16.5. The van der Waals surface area contributed by atoms with E-state index in [1.54, 1.807) is 25.1 Å². The maximum Gasteiger partial charge on any atom is 0.266 e. The van der Waals surface area contributed by atoms with Crippen LogP contribution in [0, 0.1) is 29.6 Å². The largest absolute Gasteiger partial charge is 0.539 e. The number of aryl methyl sites for hydroxylation is 1. The van der Waals surface area contributed by atoms with Gasteiger partial charge in [0.05, 0.1) is 22.2 Å². The molecule has 0 atom stereocenters. The number of nitrogens with one attached hydrogen (secondary N) is 1. The first-order valence-corrected chi connectivity index (χ1v) is 9.99. The molecule has 0 aliphatic rings. The van der Waals surface area contributed by atoms with E-state index in [4.69, 9.17) is 17.3 Å². The van der Waals surface area contributed by atoms with E-state index < -0.39 is 5.95 Å². The maximum atomic E-state index is 12.4. The first-order valence-electron chi connectivity index (χ1n) is 8.63. The van der Waals surface area contributed by atoms with Gasteiger partial charge in [0.2, 0.25) is 5.91 Å². The molecule has 156 valence electrons. The Labute approximate surface area is 185 Å². The first-order chi connectivity index (χ1) is 14.8. The van der Waals surface area contributed by atoms with Gasteiger partial charge in [0, 0.05) is 10.7 Å². The molecule has 10 nitrogen and oxygen atoms in total. The van der Waals surface area contributed by atoms with Crippen LogP contribution in [0.15, 0.2) is 27.7 Å². The number of hydrogen-bond donors (Lipinski definition) is 2. The summed E-state index contributed by atoms with van der Waals surface area (Å²) in [7, 11) is 1.42. The van der Waals surface area contributed by atoms with Crippen LogP contribution in [0.4, 0.5) is 11.5 Å². The molecule has 12 heteroatoms. The van der Waals surface area contributed by atoms with Gasteiger partial charge in [0.25, 0.3) is 5.69 Å². The highest BCUT2D eigenvalue weighted by Gasteiger charge is 2.29. The zero-order chi connectivity index (χ0) is 22.7. The molecule has 3 rings (SSSR count). The second-order valence-corrected chi connectivity index (χ2v) is 7.60. The minimum absolute atomic E-state index is 0.0418. The molecule has 0 bridgehead atoms. The zero-order valence-corrected chi connectivity index (χ0v) is 17.8. The fraction of sp³-hybridized carbons (Fsp3) is 0.158. The van der Waals surface area contributed by atoms with Crippen LogP contribution in [0.5, 0.6) is 5.95 Å². The highest BCUT2D eigenvalue weighted by Crippen LogP contribution is 2.36. The summed E-state index contributed by atoms with van der Waals surface area (Å²) in [6.07, 6.45) is 0. The van der Waals surface area contributed by atoms with Crippen molar-refractivity contribution in [2.45, 2.75) is 11.9 Å². The summed E-state index contributed by atoms with van der Waals surface area (Å²) in [6, 6.07) is 8.92. The summed E-state index contributed by atoms with van der Waals surface area (Å²) in [5.74, 6) is -1.51. The lowest BCUT2D eigenvalue weighted by Crippen LogP contribution is -2.32. The topological polar surface area (TPSA) is 169 Å². The molecule has 0 fully saturated rings. The summed E-state index contributed by atoms with van der Waals surface area (Å²) < 4.78 is 5.71. The van der Waals surface area contributed by atoms with Crippen LogP contribution in [-0.2, 0) is 11.8 Å². The Morgan fingerprint density at radius 3 is 2.71 bits per heavy atom. The van der Waals surface area contributed by atoms with Crippen molar-refractivity contribution in [2.75, 3.05) is 16.8 Å². The molecule has 2 aromatic heterocycles. The molecular weight excluding hydrogens is 442 g/mol. The normalized spacial score (nSPS) is 10.4. The molecule has 0 saturated carbocycles. The van der Waals surface area contributed by atoms with E-state index in [-0.39, 0.29) is 44.9 Å². The van der Waals surface area contributed by atoms with Gasteiger partial charge in [-0.25, -0.2) is 4.98 Å². The Hall–Kier alpha value is -3.80. The van der Waals surface area contributed by atoms with Gasteiger partial charge in [0.1, 0.15) is 28.5 Å². The van der Waals surface area contributed by atoms with Crippen molar-refractivity contribution in [3.05, 3.63) is 39.9 Å². The molecular formula is C19H14ClN7O3S. The van der Waals surface area contributed by atoms with Gasteiger partial charge >= 0.3 is 0 Å². The van der Waals surface area contributed by atoms with Crippen LogP contribution in [0.25, 0.3) is 11.3 Å². The highest BCUT2D eigenvalue weighted by atomic mass is 35.5. The van der Waals surface area contributed by atoms with Crippen LogP contribution >= 0.6 is 23.4 Å². The van der Waals surface area contributed by atoms with Crippen LogP contribution in [-0.4, -0.2) is 21.9 Å². The molecule has 0 aliphatic carbocycles. The van der Waals surface area contributed by atoms with Crippen molar-refractivity contribution in [3.8, 4) is 29.3 Å². The lowest BCUT2D eigenvalue weighted by molar-refractivity contribution is -0.730. The van der Waals surface area contributed by atoms with Crippen molar-refractivity contribution in [3.63, 3.8) is 0 Å². The average Bonchev–Trinajstić information content (AvgIpc) is 3.07. The minimum atomic E-state index is -0.841. The lowest BCUT2D eigenvalue weighted by atomic mass is 10.0. The molecule has 31 heavy (non-hydrogen) atoms. The summed E-state index contributed by atoms with van der Waals surface area (Å²) >= 11 is 7.00. The standard InChI is InChI=1S/C19H14ClN7O3S/c1-9-12(20)4-3-5-13(9)24-14(28)8-31-18-11(7-22)15(10(6-21)17(23)25-18)16-19(29)30-26-27(16)2/h3-5H,8H2,1-2H3,(H3-,23,24,25,26,28,29). The van der Waals surface area contributed by atoms with E-state index in [2.05, 4.69) is 20.1 Å². The SMILES string of the molecule is Cc1c(Cl)cccc1NC(=O)CSc1nc(N)c(C#N)c(-c2c([O-])on[n+]2C)c1C#N. The molecule has 1 amide bonds. The third kappa shape index (κ3) is 4.23. The van der Waals surface area contributed by atoms with E-state index in [0.717, 1.165) is 16.4 Å². The molecule has 3 aromatic rings. The van der Waals surface area contributed by atoms with Gasteiger partial charge in [-0.1, -0.05) is 34.1 Å². The maximum absolute atomic E-state index is 12.4. The van der Waals surface area contributed by atoms with E-state index in [9.17, 15) is 20.4 Å². The fourth-order valence-electron chi connectivity index (χ4n) is 2.78. The number of benzene rings is 1. The number of nitrogen functional groups attached to an aromatic ring is 1. The number of thioether (sulfide) groups is 1. The van der Waals surface area contributed by atoms with Gasteiger partial charge in [-0.3, -0.25) is 4.79 Å². The number of nitrogens with zero attached hydrogens (tertiary/aromatic N) is 5. The Morgan fingerprint density at radius 2 is 2.10 bits per heavy atom. The number of nitriles is 2. The van der Waals surface area contributed by atoms with E-state index in [1.165, 1.54) is 7.05 Å². The van der Waals surface area contributed by atoms with E-state index >= 15 is 0 Å². The number of carbonyl (C=O) groups excluding carboxylic acids is 1. The highest BCUT2D eigenvalue weighted by molar-refractivity contribution is 8.00. The van der Waals surface area contributed by atoms with Crippen LogP contribution < -0.4 is 20.8 Å². The number of aromatic nitrogens is 3. The van der Waals surface area contributed by atoms with Crippen LogP contribution in [0.2, 0.25) is 5.02 Å². The number of pyridine rings is 1. The molecule has 1 aromatic carbocycles. The van der Waals surface area contributed by atoms with Crippen LogP contribution in [0.1, 0.15) is 16.7 Å². The molecule has 3 N–H and O–H groups in total. The summed E-state index contributed by atoms with van der Waals surface area (Å²) in [5, 5.41) is 38.2. The fourth-order valence-corrected chi connectivity index (χ4v) is 3.75. The lowest BCUT2D eigenvalue weighted by Gasteiger charge is -2.12. The van der Waals surface area contributed by atoms with E-state index in [1.807, 2.05) is 12.1 Å². The molecule has 0 unspecified atom stereocenters. The van der Waals surface area contributed by atoms with E-state index in [0.29, 0.717) is 16.3 Å². The van der Waals surface area contributed by atoms with Gasteiger partial charge in [-0.15, -0.1) is 0 Å². The van der Waals surface area contributed by atoms with Crippen molar-refractivity contribution >= 4 is 40.8 Å². The van der Waals surface area contributed by atoms with Gasteiger partial charge in [-0.05, 0) is 24.6 Å². The quantitative estimate of drug-likeness (QED) is 0.429. The average molecular weight is 456 g/mol. The van der Waals surface area contributed by atoms with Gasteiger partial charge in [-0.2, -0.15) is 10.5 Å². The summed E-state index contributed by atoms with van der Waals surface area (Å²) in [5.41, 5.74) is 6.76. The van der Waals surface area contributed by atoms with Crippen molar-refractivity contribution < 1.29 is 19.1 Å².